The zero-order chi connectivity index (χ0) is 13.4. The van der Waals surface area contributed by atoms with Gasteiger partial charge in [-0.2, -0.15) is 0 Å². The summed E-state index contributed by atoms with van der Waals surface area (Å²) in [6, 6.07) is 6.39. The average molecular weight is 251 g/mol. The van der Waals surface area contributed by atoms with Crippen molar-refractivity contribution in [1.82, 2.24) is 0 Å². The van der Waals surface area contributed by atoms with Gasteiger partial charge in [0.25, 0.3) is 0 Å². The fourth-order valence-corrected chi connectivity index (χ4v) is 1.78. The molecule has 0 aromatic heterocycles. The minimum atomic E-state index is 0.290. The number of nitrogens with two attached hydrogens (primary N) is 1. The zero-order valence-electron chi connectivity index (χ0n) is 11.7. The van der Waals surface area contributed by atoms with Gasteiger partial charge in [-0.3, -0.25) is 0 Å². The second-order valence-corrected chi connectivity index (χ2v) is 4.50. The smallest absolute Gasteiger partial charge is 0.161 e. The Morgan fingerprint density at radius 2 is 2.00 bits per heavy atom. The van der Waals surface area contributed by atoms with Crippen molar-refractivity contribution in [2.45, 2.75) is 45.6 Å². The van der Waals surface area contributed by atoms with Gasteiger partial charge in [0.1, 0.15) is 0 Å². The Labute approximate surface area is 110 Å². The highest BCUT2D eigenvalue weighted by Crippen LogP contribution is 2.28. The van der Waals surface area contributed by atoms with Crippen LogP contribution in [0.15, 0.2) is 18.2 Å². The third-order valence-electron chi connectivity index (χ3n) is 3.14. The maximum Gasteiger partial charge on any atom is 0.161 e. The lowest BCUT2D eigenvalue weighted by atomic mass is 10.1. The molecule has 0 spiro atoms. The molecule has 0 fully saturated rings. The lowest BCUT2D eigenvalue weighted by Crippen LogP contribution is -2.19. The van der Waals surface area contributed by atoms with Crippen molar-refractivity contribution in [2.24, 2.45) is 5.73 Å². The lowest BCUT2D eigenvalue weighted by molar-refractivity contribution is 0.282. The summed E-state index contributed by atoms with van der Waals surface area (Å²) in [6.45, 7) is 4.93. The molecule has 0 saturated carbocycles. The molecule has 102 valence electrons. The molecule has 3 heteroatoms. The molecule has 0 aliphatic rings. The van der Waals surface area contributed by atoms with Gasteiger partial charge in [0.05, 0.1) is 13.7 Å². The van der Waals surface area contributed by atoms with Crippen LogP contribution in [0.3, 0.4) is 0 Å². The van der Waals surface area contributed by atoms with Crippen molar-refractivity contribution in [3.05, 3.63) is 23.8 Å². The van der Waals surface area contributed by atoms with Crippen molar-refractivity contribution < 1.29 is 9.47 Å². The second kappa shape index (κ2) is 7.98. The van der Waals surface area contributed by atoms with Crippen molar-refractivity contribution >= 4 is 0 Å². The molecular formula is C15H25NO2. The van der Waals surface area contributed by atoms with E-state index < -0.39 is 0 Å². The van der Waals surface area contributed by atoms with Crippen molar-refractivity contribution in [2.75, 3.05) is 13.7 Å². The molecule has 0 aliphatic carbocycles. The van der Waals surface area contributed by atoms with E-state index in [9.17, 15) is 0 Å². The predicted molar refractivity (Wildman–Crippen MR) is 75.4 cm³/mol. The largest absolute Gasteiger partial charge is 0.493 e. The Bertz CT molecular complexity index is 352. The first-order chi connectivity index (χ1) is 8.71. The minimum Gasteiger partial charge on any atom is -0.493 e. The van der Waals surface area contributed by atoms with E-state index in [1.165, 1.54) is 5.56 Å². The van der Waals surface area contributed by atoms with Gasteiger partial charge < -0.3 is 15.2 Å². The molecule has 0 radical (unpaired) electrons. The monoisotopic (exact) mass is 251 g/mol. The first-order valence-corrected chi connectivity index (χ1v) is 6.76. The molecule has 18 heavy (non-hydrogen) atoms. The van der Waals surface area contributed by atoms with Gasteiger partial charge in [-0.15, -0.1) is 0 Å². The van der Waals surface area contributed by atoms with E-state index in [0.717, 1.165) is 37.2 Å². The number of benzene rings is 1. The molecular weight excluding hydrogens is 226 g/mol. The molecule has 0 amide bonds. The number of aryl methyl sites for hydroxylation is 1. The van der Waals surface area contributed by atoms with Gasteiger partial charge in [0.2, 0.25) is 0 Å². The fourth-order valence-electron chi connectivity index (χ4n) is 1.78. The Morgan fingerprint density at radius 3 is 2.61 bits per heavy atom. The summed E-state index contributed by atoms with van der Waals surface area (Å²) in [5, 5.41) is 0. The fraction of sp³-hybridized carbons (Fsp3) is 0.600. The number of methoxy groups -OCH3 is 1. The van der Waals surface area contributed by atoms with Crippen LogP contribution in [0.1, 0.15) is 38.7 Å². The highest BCUT2D eigenvalue weighted by atomic mass is 16.5. The van der Waals surface area contributed by atoms with E-state index in [1.807, 2.05) is 12.1 Å². The average Bonchev–Trinajstić information content (AvgIpc) is 2.43. The summed E-state index contributed by atoms with van der Waals surface area (Å²) >= 11 is 0. The highest BCUT2D eigenvalue weighted by Gasteiger charge is 2.05. The van der Waals surface area contributed by atoms with Crippen LogP contribution in [0.4, 0.5) is 0 Å². The predicted octanol–water partition coefficient (Wildman–Crippen LogP) is 3.15. The van der Waals surface area contributed by atoms with E-state index in [1.54, 1.807) is 7.11 Å². The van der Waals surface area contributed by atoms with Gasteiger partial charge >= 0.3 is 0 Å². The first-order valence-electron chi connectivity index (χ1n) is 6.76. The summed E-state index contributed by atoms with van der Waals surface area (Å²) in [5.74, 6) is 1.63. The molecule has 1 aromatic rings. The quantitative estimate of drug-likeness (QED) is 0.722. The molecule has 0 saturated heterocycles. The molecule has 0 aliphatic heterocycles. The topological polar surface area (TPSA) is 44.5 Å². The Kier molecular flexibility index (Phi) is 6.58. The molecule has 0 heterocycles. The number of rotatable bonds is 8. The minimum absolute atomic E-state index is 0.290. The summed E-state index contributed by atoms with van der Waals surface area (Å²) in [7, 11) is 1.68. The first kappa shape index (κ1) is 14.8. The van der Waals surface area contributed by atoms with Gasteiger partial charge in [-0.05, 0) is 43.4 Å². The zero-order valence-corrected chi connectivity index (χ0v) is 11.7. The molecule has 1 unspecified atom stereocenters. The molecule has 3 nitrogen and oxygen atoms in total. The standard InChI is InChI=1S/C15H25NO2/c1-4-12-8-9-14(15(11-12)17-3)18-10-6-7-13(16)5-2/h8-9,11,13H,4-7,10,16H2,1-3H3. The third kappa shape index (κ3) is 4.57. The number of ether oxygens (including phenoxy) is 2. The van der Waals surface area contributed by atoms with Crippen LogP contribution in [-0.4, -0.2) is 19.8 Å². The SMILES string of the molecule is CCc1ccc(OCCCC(N)CC)c(OC)c1. The maximum absolute atomic E-state index is 5.87. The van der Waals surface area contributed by atoms with Crippen LogP contribution in [0.5, 0.6) is 11.5 Å². The summed E-state index contributed by atoms with van der Waals surface area (Å²) < 4.78 is 11.1. The molecule has 1 atom stereocenters. The Morgan fingerprint density at radius 1 is 1.22 bits per heavy atom. The normalized spacial score (nSPS) is 12.2. The van der Waals surface area contributed by atoms with Crippen LogP contribution in [0.25, 0.3) is 0 Å². The van der Waals surface area contributed by atoms with Crippen molar-refractivity contribution in [3.8, 4) is 11.5 Å². The second-order valence-electron chi connectivity index (χ2n) is 4.50. The van der Waals surface area contributed by atoms with Crippen LogP contribution in [0, 0.1) is 0 Å². The highest BCUT2D eigenvalue weighted by molar-refractivity contribution is 5.42. The van der Waals surface area contributed by atoms with Crippen LogP contribution < -0.4 is 15.2 Å². The van der Waals surface area contributed by atoms with Crippen molar-refractivity contribution in [3.63, 3.8) is 0 Å². The number of hydrogen-bond acceptors (Lipinski definition) is 3. The van der Waals surface area contributed by atoms with Gasteiger partial charge in [0.15, 0.2) is 11.5 Å². The van der Waals surface area contributed by atoms with E-state index in [0.29, 0.717) is 6.61 Å². The van der Waals surface area contributed by atoms with Gasteiger partial charge in [-0.25, -0.2) is 0 Å². The van der Waals surface area contributed by atoms with Gasteiger partial charge in [-0.1, -0.05) is 19.9 Å². The number of hydrogen-bond donors (Lipinski definition) is 1. The summed E-state index contributed by atoms with van der Waals surface area (Å²) in [5.41, 5.74) is 7.12. The summed E-state index contributed by atoms with van der Waals surface area (Å²) in [4.78, 5) is 0. The third-order valence-corrected chi connectivity index (χ3v) is 3.14. The van der Waals surface area contributed by atoms with E-state index >= 15 is 0 Å². The molecule has 2 N–H and O–H groups in total. The molecule has 1 aromatic carbocycles. The van der Waals surface area contributed by atoms with E-state index in [2.05, 4.69) is 19.9 Å². The Balaban J connectivity index is 2.46. The lowest BCUT2D eigenvalue weighted by Gasteiger charge is -2.13. The Hall–Kier alpha value is -1.22. The van der Waals surface area contributed by atoms with E-state index in [4.69, 9.17) is 15.2 Å². The van der Waals surface area contributed by atoms with Crippen molar-refractivity contribution in [1.29, 1.82) is 0 Å². The van der Waals surface area contributed by atoms with Gasteiger partial charge in [0, 0.05) is 6.04 Å². The molecule has 1 rings (SSSR count). The van der Waals surface area contributed by atoms with E-state index in [-0.39, 0.29) is 6.04 Å². The maximum atomic E-state index is 5.87. The van der Waals surface area contributed by atoms with Crippen LogP contribution in [-0.2, 0) is 6.42 Å². The summed E-state index contributed by atoms with van der Waals surface area (Å²) in [6.07, 6.45) is 4.01. The molecule has 0 bridgehead atoms. The van der Waals surface area contributed by atoms with Crippen LogP contribution in [0.2, 0.25) is 0 Å². The van der Waals surface area contributed by atoms with Crippen LogP contribution >= 0.6 is 0 Å².